The van der Waals surface area contributed by atoms with Gasteiger partial charge in [0.2, 0.25) is 5.75 Å². The molecular weight excluding hydrogens is 311 g/mol. The monoisotopic (exact) mass is 326 g/mol. The number of phenolic OH excluding ortho intramolecular Hbond substituents is 4. The number of hydrogen-bond donors (Lipinski definition) is 4. The highest BCUT2D eigenvalue weighted by molar-refractivity contribution is 6.39. The number of aryl methyl sites for hydroxylation is 1. The average molecular weight is 326 g/mol. The molecule has 0 atom stereocenters. The van der Waals surface area contributed by atoms with Crippen molar-refractivity contribution >= 4 is 30.1 Å². The van der Waals surface area contributed by atoms with E-state index < -0.39 is 17.3 Å². The van der Waals surface area contributed by atoms with Gasteiger partial charge in [-0.1, -0.05) is 6.92 Å². The number of rotatable bonds is 3. The van der Waals surface area contributed by atoms with Gasteiger partial charge in [-0.15, -0.1) is 0 Å². The van der Waals surface area contributed by atoms with E-state index in [4.69, 9.17) is 4.42 Å². The first-order valence-corrected chi connectivity index (χ1v) is 7.39. The molecule has 0 amide bonds. The highest BCUT2D eigenvalue weighted by Crippen LogP contribution is 2.42. The van der Waals surface area contributed by atoms with E-state index in [0.29, 0.717) is 17.7 Å². The number of benzene rings is 2. The Labute approximate surface area is 138 Å². The third-order valence-electron chi connectivity index (χ3n) is 4.05. The number of aromatic hydroxyl groups is 4. The third kappa shape index (κ3) is 2.17. The van der Waals surface area contributed by atoms with E-state index in [1.807, 2.05) is 0 Å². The number of furan rings is 1. The van der Waals surface area contributed by atoms with Crippen LogP contribution in [0.2, 0.25) is 0 Å². The second-order valence-electron chi connectivity index (χ2n) is 5.50. The van der Waals surface area contributed by atoms with E-state index in [-0.39, 0.29) is 33.5 Å². The van der Waals surface area contributed by atoms with Gasteiger partial charge in [0.05, 0.1) is 10.9 Å². The summed E-state index contributed by atoms with van der Waals surface area (Å²) in [5.41, 5.74) is 0.363. The van der Waals surface area contributed by atoms with Crippen LogP contribution < -0.4 is 5.46 Å². The fourth-order valence-corrected chi connectivity index (χ4v) is 2.70. The van der Waals surface area contributed by atoms with Crippen molar-refractivity contribution in [3.05, 3.63) is 41.2 Å². The quantitative estimate of drug-likeness (QED) is 0.250. The molecule has 0 unspecified atom stereocenters. The zero-order valence-corrected chi connectivity index (χ0v) is 13.1. The van der Waals surface area contributed by atoms with Crippen LogP contribution in [0.3, 0.4) is 0 Å². The van der Waals surface area contributed by atoms with E-state index in [1.54, 1.807) is 6.92 Å². The number of carbonyl (C=O) groups is 1. The van der Waals surface area contributed by atoms with Crippen LogP contribution in [0.4, 0.5) is 0 Å². The van der Waals surface area contributed by atoms with Gasteiger partial charge in [0.15, 0.2) is 17.1 Å². The first-order chi connectivity index (χ1) is 11.4. The Balaban J connectivity index is 2.34. The predicted molar refractivity (Wildman–Crippen MR) is 90.3 cm³/mol. The van der Waals surface area contributed by atoms with Crippen molar-refractivity contribution in [3.63, 3.8) is 0 Å². The van der Waals surface area contributed by atoms with Crippen LogP contribution in [0.1, 0.15) is 28.6 Å². The minimum absolute atomic E-state index is 0.0283. The standard InChI is InChI=1S/C17H15BO6/c1-2-9-10(13(20)7-3-5-8(19)6-4-7)11-14(21)12(18)15(22)16(23)17(11)24-9/h3-6,19,21-23H,2,18H2,1H3. The van der Waals surface area contributed by atoms with Crippen LogP contribution in [0.25, 0.3) is 11.0 Å². The highest BCUT2D eigenvalue weighted by Gasteiger charge is 2.28. The Bertz CT molecular complexity index is 956. The second kappa shape index (κ2) is 5.52. The summed E-state index contributed by atoms with van der Waals surface area (Å²) in [6.07, 6.45) is 0.354. The van der Waals surface area contributed by atoms with E-state index in [2.05, 4.69) is 0 Å². The van der Waals surface area contributed by atoms with E-state index in [9.17, 15) is 25.2 Å². The molecule has 0 aliphatic heterocycles. The van der Waals surface area contributed by atoms with Gasteiger partial charge < -0.3 is 24.8 Å². The molecule has 0 bridgehead atoms. The number of carbonyl (C=O) groups excluding carboxylic acids is 1. The maximum Gasteiger partial charge on any atom is 0.201 e. The molecular formula is C17H15BO6. The number of hydrogen-bond acceptors (Lipinski definition) is 6. The molecule has 7 heteroatoms. The van der Waals surface area contributed by atoms with E-state index in [1.165, 1.54) is 32.1 Å². The lowest BCUT2D eigenvalue weighted by Gasteiger charge is -2.07. The Morgan fingerprint density at radius 1 is 1.04 bits per heavy atom. The van der Waals surface area contributed by atoms with Crippen molar-refractivity contribution in [3.8, 4) is 23.0 Å². The molecule has 3 aromatic rings. The molecule has 0 radical (unpaired) electrons. The summed E-state index contributed by atoms with van der Waals surface area (Å²) in [4.78, 5) is 12.9. The van der Waals surface area contributed by atoms with Crippen molar-refractivity contribution < 1.29 is 29.6 Å². The first-order valence-electron chi connectivity index (χ1n) is 7.39. The van der Waals surface area contributed by atoms with Gasteiger partial charge >= 0.3 is 0 Å². The Morgan fingerprint density at radius 3 is 2.25 bits per heavy atom. The summed E-state index contributed by atoms with van der Waals surface area (Å²) >= 11 is 0. The molecule has 1 heterocycles. The molecule has 0 saturated carbocycles. The molecule has 122 valence electrons. The Morgan fingerprint density at radius 2 is 1.67 bits per heavy atom. The summed E-state index contributed by atoms with van der Waals surface area (Å²) in [5.74, 6) is -1.41. The van der Waals surface area contributed by atoms with Crippen LogP contribution >= 0.6 is 0 Å². The molecule has 24 heavy (non-hydrogen) atoms. The smallest absolute Gasteiger partial charge is 0.201 e. The molecule has 0 spiro atoms. The fraction of sp³-hybridized carbons (Fsp3) is 0.118. The summed E-state index contributed by atoms with van der Waals surface area (Å²) in [5, 5.41) is 39.7. The molecule has 0 fully saturated rings. The summed E-state index contributed by atoms with van der Waals surface area (Å²) < 4.78 is 5.52. The minimum atomic E-state index is -0.514. The third-order valence-corrected chi connectivity index (χ3v) is 4.05. The Kier molecular flexibility index (Phi) is 3.64. The summed E-state index contributed by atoms with van der Waals surface area (Å²) in [7, 11) is 1.43. The van der Waals surface area contributed by atoms with Crippen molar-refractivity contribution in [2.75, 3.05) is 0 Å². The van der Waals surface area contributed by atoms with Crippen LogP contribution in [-0.4, -0.2) is 34.1 Å². The van der Waals surface area contributed by atoms with Crippen molar-refractivity contribution in [1.29, 1.82) is 0 Å². The van der Waals surface area contributed by atoms with Gasteiger partial charge in [-0.2, -0.15) is 0 Å². The fourth-order valence-electron chi connectivity index (χ4n) is 2.70. The van der Waals surface area contributed by atoms with Gasteiger partial charge in [-0.25, -0.2) is 0 Å². The topological polar surface area (TPSA) is 111 Å². The predicted octanol–water partition coefficient (Wildman–Crippen LogP) is 1.31. The molecule has 4 N–H and O–H groups in total. The molecule has 1 aromatic heterocycles. The van der Waals surface area contributed by atoms with Crippen LogP contribution in [0.15, 0.2) is 28.7 Å². The molecule has 3 rings (SSSR count). The SMILES string of the molecule is Bc1c(O)c(O)c2oc(CC)c(C(=O)c3ccc(O)cc3)c2c1O. The summed E-state index contributed by atoms with van der Waals surface area (Å²) in [6.45, 7) is 1.77. The maximum absolute atomic E-state index is 12.9. The summed E-state index contributed by atoms with van der Waals surface area (Å²) in [6, 6.07) is 5.69. The zero-order valence-electron chi connectivity index (χ0n) is 13.1. The molecule has 0 aliphatic carbocycles. The lowest BCUT2D eigenvalue weighted by Crippen LogP contribution is -2.07. The lowest BCUT2D eigenvalue weighted by atomic mass is 9.89. The number of ketones is 1. The maximum atomic E-state index is 12.9. The van der Waals surface area contributed by atoms with Crippen LogP contribution in [-0.2, 0) is 6.42 Å². The Hall–Kier alpha value is -3.09. The molecule has 0 aliphatic rings. The first kappa shape index (κ1) is 15.8. The second-order valence-corrected chi connectivity index (χ2v) is 5.50. The van der Waals surface area contributed by atoms with Gasteiger partial charge in [0.1, 0.15) is 25.1 Å². The van der Waals surface area contributed by atoms with Crippen molar-refractivity contribution in [1.82, 2.24) is 0 Å². The van der Waals surface area contributed by atoms with Gasteiger partial charge in [0.25, 0.3) is 0 Å². The number of phenols is 4. The minimum Gasteiger partial charge on any atom is -0.508 e. The number of fused-ring (bicyclic) bond motifs is 1. The molecule has 2 aromatic carbocycles. The van der Waals surface area contributed by atoms with Gasteiger partial charge in [-0.05, 0) is 29.7 Å². The molecule has 6 nitrogen and oxygen atoms in total. The highest BCUT2D eigenvalue weighted by atomic mass is 16.4. The normalized spacial score (nSPS) is 11.0. The largest absolute Gasteiger partial charge is 0.508 e. The van der Waals surface area contributed by atoms with Crippen molar-refractivity contribution in [2.24, 2.45) is 0 Å². The van der Waals surface area contributed by atoms with Crippen LogP contribution in [0.5, 0.6) is 23.0 Å². The van der Waals surface area contributed by atoms with Crippen molar-refractivity contribution in [2.45, 2.75) is 13.3 Å². The van der Waals surface area contributed by atoms with E-state index in [0.717, 1.165) is 0 Å². The molecule has 0 saturated heterocycles. The lowest BCUT2D eigenvalue weighted by molar-refractivity contribution is 0.103. The van der Waals surface area contributed by atoms with Gasteiger partial charge in [-0.3, -0.25) is 4.79 Å². The zero-order chi connectivity index (χ0) is 17.6. The van der Waals surface area contributed by atoms with E-state index >= 15 is 0 Å². The van der Waals surface area contributed by atoms with Crippen LogP contribution in [0, 0.1) is 0 Å². The average Bonchev–Trinajstić information content (AvgIpc) is 2.97. The van der Waals surface area contributed by atoms with Gasteiger partial charge in [0, 0.05) is 12.0 Å².